The first-order valence-corrected chi connectivity index (χ1v) is 7.45. The third kappa shape index (κ3) is 2.94. The first-order valence-electron chi connectivity index (χ1n) is 7.07. The summed E-state index contributed by atoms with van der Waals surface area (Å²) in [4.78, 5) is 12.1. The van der Waals surface area contributed by atoms with E-state index in [1.54, 1.807) is 0 Å². The van der Waals surface area contributed by atoms with Crippen molar-refractivity contribution in [2.45, 2.75) is 18.9 Å². The maximum absolute atomic E-state index is 12.1. The highest BCUT2D eigenvalue weighted by molar-refractivity contribution is 6.30. The van der Waals surface area contributed by atoms with Crippen LogP contribution in [0.2, 0.25) is 5.02 Å². The molecule has 3 N–H and O–H groups in total. The molecule has 0 saturated carbocycles. The predicted molar refractivity (Wildman–Crippen MR) is 84.6 cm³/mol. The lowest BCUT2D eigenvalue weighted by Crippen LogP contribution is -2.23. The number of fused-ring (bicyclic) bond motifs is 1. The van der Waals surface area contributed by atoms with Gasteiger partial charge in [-0.05, 0) is 47.7 Å². The molecule has 21 heavy (non-hydrogen) atoms. The highest BCUT2D eigenvalue weighted by Gasteiger charge is 2.18. The second kappa shape index (κ2) is 5.88. The quantitative estimate of drug-likeness (QED) is 0.895. The van der Waals surface area contributed by atoms with E-state index in [4.69, 9.17) is 17.3 Å². The molecular formula is C17H17ClN2O. The van der Waals surface area contributed by atoms with E-state index in [0.717, 1.165) is 41.6 Å². The lowest BCUT2D eigenvalue weighted by molar-refractivity contribution is 0.0956. The Kier molecular flexibility index (Phi) is 3.95. The van der Waals surface area contributed by atoms with E-state index < -0.39 is 0 Å². The van der Waals surface area contributed by atoms with Gasteiger partial charge in [-0.3, -0.25) is 4.79 Å². The fourth-order valence-electron chi connectivity index (χ4n) is 2.69. The van der Waals surface area contributed by atoms with E-state index in [2.05, 4.69) is 5.32 Å². The fourth-order valence-corrected chi connectivity index (χ4v) is 2.88. The van der Waals surface area contributed by atoms with Gasteiger partial charge in [-0.1, -0.05) is 35.9 Å². The van der Waals surface area contributed by atoms with Gasteiger partial charge in [0.05, 0.1) is 6.04 Å². The minimum atomic E-state index is -0.287. The number of rotatable bonds is 2. The Labute approximate surface area is 129 Å². The van der Waals surface area contributed by atoms with Crippen LogP contribution in [0.25, 0.3) is 0 Å². The van der Waals surface area contributed by atoms with Gasteiger partial charge < -0.3 is 11.1 Å². The van der Waals surface area contributed by atoms with Crippen LogP contribution in [-0.4, -0.2) is 12.5 Å². The zero-order valence-corrected chi connectivity index (χ0v) is 12.4. The van der Waals surface area contributed by atoms with Gasteiger partial charge in [0, 0.05) is 17.1 Å². The molecule has 2 aromatic rings. The summed E-state index contributed by atoms with van der Waals surface area (Å²) < 4.78 is 0. The number of hydrogen-bond acceptors (Lipinski definition) is 2. The van der Waals surface area contributed by atoms with E-state index in [9.17, 15) is 4.79 Å². The van der Waals surface area contributed by atoms with Crippen molar-refractivity contribution in [1.29, 1.82) is 0 Å². The van der Waals surface area contributed by atoms with E-state index in [0.29, 0.717) is 5.02 Å². The number of halogens is 1. The third-order valence-corrected chi connectivity index (χ3v) is 4.09. The highest BCUT2D eigenvalue weighted by atomic mass is 35.5. The first-order chi connectivity index (χ1) is 10.1. The molecule has 0 aromatic heterocycles. The number of carbonyl (C=O) groups excluding carboxylic acids is 1. The lowest BCUT2D eigenvalue weighted by atomic mass is 9.94. The lowest BCUT2D eigenvalue weighted by Gasteiger charge is -2.15. The number of benzene rings is 2. The Morgan fingerprint density at radius 3 is 2.76 bits per heavy atom. The fraction of sp³-hybridized carbons (Fsp3) is 0.235. The maximum atomic E-state index is 12.1. The van der Waals surface area contributed by atoms with Crippen LogP contribution in [0, 0.1) is 0 Å². The second-order valence-electron chi connectivity index (χ2n) is 5.31. The summed E-state index contributed by atoms with van der Waals surface area (Å²) in [6.45, 7) is 0.725. The Bertz CT molecular complexity index is 684. The van der Waals surface area contributed by atoms with Crippen molar-refractivity contribution in [3.8, 4) is 0 Å². The minimum Gasteiger partial charge on any atom is -0.352 e. The van der Waals surface area contributed by atoms with Gasteiger partial charge in [-0.15, -0.1) is 0 Å². The maximum Gasteiger partial charge on any atom is 0.251 e. The molecule has 1 aliphatic rings. The molecule has 1 unspecified atom stereocenters. The van der Waals surface area contributed by atoms with Crippen LogP contribution in [0.15, 0.2) is 42.5 Å². The van der Waals surface area contributed by atoms with Crippen molar-refractivity contribution >= 4 is 17.5 Å². The monoisotopic (exact) mass is 300 g/mol. The number of aryl methyl sites for hydroxylation is 1. The van der Waals surface area contributed by atoms with Gasteiger partial charge in [0.15, 0.2) is 0 Å². The Balaban J connectivity index is 1.98. The van der Waals surface area contributed by atoms with E-state index in [1.807, 2.05) is 42.5 Å². The normalized spacial score (nSPS) is 15.8. The number of nitrogens with one attached hydrogen (secondary N) is 1. The second-order valence-corrected chi connectivity index (χ2v) is 5.75. The summed E-state index contributed by atoms with van der Waals surface area (Å²) in [5.41, 5.74) is 10.0. The van der Waals surface area contributed by atoms with Gasteiger partial charge in [0.2, 0.25) is 0 Å². The Hall–Kier alpha value is -1.84. The van der Waals surface area contributed by atoms with Gasteiger partial charge >= 0.3 is 0 Å². The summed E-state index contributed by atoms with van der Waals surface area (Å²) in [5, 5.41) is 3.58. The van der Waals surface area contributed by atoms with Crippen LogP contribution < -0.4 is 11.1 Å². The van der Waals surface area contributed by atoms with Crippen LogP contribution in [0.3, 0.4) is 0 Å². The Morgan fingerprint density at radius 2 is 1.95 bits per heavy atom. The molecule has 0 radical (unpaired) electrons. The standard InChI is InChI=1S/C17H17ClN2O/c18-14-5-1-3-12(9-14)16(19)13-7-6-11-4-2-8-20-17(21)15(11)10-13/h1,3,5-7,9-10,16H,2,4,8,19H2,(H,20,21). The molecule has 108 valence electrons. The van der Waals surface area contributed by atoms with Crippen molar-refractivity contribution < 1.29 is 4.79 Å². The van der Waals surface area contributed by atoms with Crippen LogP contribution in [0.1, 0.15) is 39.5 Å². The highest BCUT2D eigenvalue weighted by Crippen LogP contribution is 2.25. The molecule has 1 aliphatic heterocycles. The van der Waals surface area contributed by atoms with Gasteiger partial charge in [0.25, 0.3) is 5.91 Å². The zero-order valence-electron chi connectivity index (χ0n) is 11.6. The summed E-state index contributed by atoms with van der Waals surface area (Å²) >= 11 is 6.02. The molecule has 3 nitrogen and oxygen atoms in total. The van der Waals surface area contributed by atoms with Gasteiger partial charge in [-0.25, -0.2) is 0 Å². The topological polar surface area (TPSA) is 55.1 Å². The van der Waals surface area contributed by atoms with Crippen molar-refractivity contribution in [2.75, 3.05) is 6.54 Å². The molecule has 0 spiro atoms. The molecule has 0 fully saturated rings. The molecule has 4 heteroatoms. The van der Waals surface area contributed by atoms with Gasteiger partial charge in [0.1, 0.15) is 0 Å². The summed E-state index contributed by atoms with van der Waals surface area (Å²) in [6, 6.07) is 13.1. The largest absolute Gasteiger partial charge is 0.352 e. The average Bonchev–Trinajstić information content (AvgIpc) is 2.68. The third-order valence-electron chi connectivity index (χ3n) is 3.85. The molecule has 0 bridgehead atoms. The molecular weight excluding hydrogens is 284 g/mol. The smallest absolute Gasteiger partial charge is 0.251 e. The molecule has 2 aromatic carbocycles. The molecule has 0 aliphatic carbocycles. The predicted octanol–water partition coefficient (Wildman–Crippen LogP) is 3.06. The zero-order chi connectivity index (χ0) is 14.8. The minimum absolute atomic E-state index is 0.0114. The number of hydrogen-bond donors (Lipinski definition) is 2. The molecule has 0 saturated heterocycles. The van der Waals surface area contributed by atoms with E-state index in [-0.39, 0.29) is 11.9 Å². The van der Waals surface area contributed by atoms with Crippen LogP contribution >= 0.6 is 11.6 Å². The number of carbonyl (C=O) groups is 1. The van der Waals surface area contributed by atoms with Crippen LogP contribution in [0.5, 0.6) is 0 Å². The molecule has 3 rings (SSSR count). The molecule has 1 atom stereocenters. The average molecular weight is 301 g/mol. The number of nitrogens with two attached hydrogens (primary N) is 1. The van der Waals surface area contributed by atoms with Crippen LogP contribution in [-0.2, 0) is 6.42 Å². The van der Waals surface area contributed by atoms with E-state index >= 15 is 0 Å². The summed E-state index contributed by atoms with van der Waals surface area (Å²) in [5.74, 6) is -0.0114. The van der Waals surface area contributed by atoms with Crippen molar-refractivity contribution in [1.82, 2.24) is 5.32 Å². The molecule has 1 heterocycles. The van der Waals surface area contributed by atoms with Crippen LogP contribution in [0.4, 0.5) is 0 Å². The van der Waals surface area contributed by atoms with Crippen molar-refractivity contribution in [3.05, 3.63) is 69.7 Å². The van der Waals surface area contributed by atoms with Crippen molar-refractivity contribution in [2.24, 2.45) is 5.73 Å². The summed E-state index contributed by atoms with van der Waals surface area (Å²) in [7, 11) is 0. The molecule has 1 amide bonds. The van der Waals surface area contributed by atoms with Gasteiger partial charge in [-0.2, -0.15) is 0 Å². The first kappa shape index (κ1) is 14.1. The van der Waals surface area contributed by atoms with Crippen molar-refractivity contribution in [3.63, 3.8) is 0 Å². The Morgan fingerprint density at radius 1 is 1.14 bits per heavy atom. The number of amides is 1. The SMILES string of the molecule is NC(c1cccc(Cl)c1)c1ccc2c(c1)C(=O)NCCC2. The van der Waals surface area contributed by atoms with E-state index in [1.165, 1.54) is 0 Å². The summed E-state index contributed by atoms with van der Waals surface area (Å²) in [6.07, 6.45) is 1.89.